The number of hydrogen-bond donors (Lipinski definition) is 2. The molecular formula is C17H23FN2O2S. The van der Waals surface area contributed by atoms with Crippen molar-refractivity contribution in [3.05, 3.63) is 30.1 Å². The first-order chi connectivity index (χ1) is 11.0. The fourth-order valence-electron chi connectivity index (χ4n) is 2.57. The lowest BCUT2D eigenvalue weighted by molar-refractivity contribution is -0.121. The average molecular weight is 338 g/mol. The molecule has 1 aliphatic carbocycles. The van der Waals surface area contributed by atoms with E-state index in [1.54, 1.807) is 0 Å². The van der Waals surface area contributed by atoms with Crippen LogP contribution in [0.3, 0.4) is 0 Å². The monoisotopic (exact) mass is 338 g/mol. The molecule has 1 aliphatic rings. The number of halogens is 1. The van der Waals surface area contributed by atoms with E-state index in [4.69, 9.17) is 0 Å². The minimum Gasteiger partial charge on any atom is -0.352 e. The van der Waals surface area contributed by atoms with Gasteiger partial charge in [0.2, 0.25) is 11.8 Å². The Morgan fingerprint density at radius 3 is 2.52 bits per heavy atom. The largest absolute Gasteiger partial charge is 0.352 e. The van der Waals surface area contributed by atoms with Gasteiger partial charge >= 0.3 is 0 Å². The molecular weight excluding hydrogens is 315 g/mol. The third-order valence-electron chi connectivity index (χ3n) is 3.91. The lowest BCUT2D eigenvalue weighted by Gasteiger charge is -2.24. The van der Waals surface area contributed by atoms with Crippen molar-refractivity contribution in [3.63, 3.8) is 0 Å². The second-order valence-corrected chi connectivity index (χ2v) is 7.18. The molecule has 4 nitrogen and oxygen atoms in total. The summed E-state index contributed by atoms with van der Waals surface area (Å²) < 4.78 is 12.8. The highest BCUT2D eigenvalue weighted by molar-refractivity contribution is 8.01. The van der Waals surface area contributed by atoms with Gasteiger partial charge in [0.15, 0.2) is 0 Å². The number of rotatable bonds is 6. The molecule has 1 aromatic rings. The number of hydrogen-bond acceptors (Lipinski definition) is 3. The fraction of sp³-hybridized carbons (Fsp3) is 0.529. The van der Waals surface area contributed by atoms with E-state index < -0.39 is 0 Å². The zero-order valence-corrected chi connectivity index (χ0v) is 14.1. The quantitative estimate of drug-likeness (QED) is 0.836. The first-order valence-corrected chi connectivity index (χ1v) is 9.07. The lowest BCUT2D eigenvalue weighted by atomic mass is 9.95. The summed E-state index contributed by atoms with van der Waals surface area (Å²) in [7, 11) is 0. The number of nitrogens with one attached hydrogen (secondary N) is 2. The minimum atomic E-state index is -0.342. The summed E-state index contributed by atoms with van der Waals surface area (Å²) in [5.74, 6) is -0.350. The van der Waals surface area contributed by atoms with Gasteiger partial charge in [0.1, 0.15) is 5.82 Å². The number of benzene rings is 1. The van der Waals surface area contributed by atoms with E-state index in [1.807, 2.05) is 6.92 Å². The van der Waals surface area contributed by atoms with E-state index in [1.165, 1.54) is 55.3 Å². The van der Waals surface area contributed by atoms with Crippen molar-refractivity contribution >= 4 is 29.3 Å². The Kier molecular flexibility index (Phi) is 6.89. The van der Waals surface area contributed by atoms with Crippen molar-refractivity contribution in [1.82, 2.24) is 5.32 Å². The number of carbonyl (C=O) groups excluding carboxylic acids is 2. The van der Waals surface area contributed by atoms with Crippen LogP contribution in [0.2, 0.25) is 0 Å². The molecule has 2 rings (SSSR count). The van der Waals surface area contributed by atoms with E-state index >= 15 is 0 Å². The lowest BCUT2D eigenvalue weighted by Crippen LogP contribution is -2.40. The Bertz CT molecular complexity index is 530. The molecule has 0 saturated heterocycles. The predicted octanol–water partition coefficient (Wildman–Crippen LogP) is 3.33. The molecule has 0 spiro atoms. The fourth-order valence-corrected chi connectivity index (χ4v) is 3.27. The van der Waals surface area contributed by atoms with Gasteiger partial charge in [0.05, 0.1) is 11.0 Å². The maximum Gasteiger partial charge on any atom is 0.234 e. The van der Waals surface area contributed by atoms with Crippen LogP contribution in [-0.4, -0.2) is 28.9 Å². The topological polar surface area (TPSA) is 58.2 Å². The van der Waals surface area contributed by atoms with Gasteiger partial charge in [-0.05, 0) is 44.0 Å². The molecule has 1 saturated carbocycles. The van der Waals surface area contributed by atoms with Crippen LogP contribution in [0.25, 0.3) is 0 Å². The van der Waals surface area contributed by atoms with Crippen LogP contribution in [-0.2, 0) is 9.59 Å². The van der Waals surface area contributed by atoms with Crippen LogP contribution < -0.4 is 10.6 Å². The molecule has 6 heteroatoms. The maximum atomic E-state index is 12.8. The highest BCUT2D eigenvalue weighted by Crippen LogP contribution is 2.19. The maximum absolute atomic E-state index is 12.8. The van der Waals surface area contributed by atoms with E-state index in [-0.39, 0.29) is 34.7 Å². The highest BCUT2D eigenvalue weighted by Gasteiger charge is 2.20. The van der Waals surface area contributed by atoms with Gasteiger partial charge in [-0.2, -0.15) is 0 Å². The Balaban J connectivity index is 1.70. The average Bonchev–Trinajstić information content (AvgIpc) is 2.55. The molecule has 0 aromatic heterocycles. The van der Waals surface area contributed by atoms with Gasteiger partial charge in [-0.25, -0.2) is 4.39 Å². The van der Waals surface area contributed by atoms with E-state index in [0.717, 1.165) is 12.8 Å². The van der Waals surface area contributed by atoms with E-state index in [9.17, 15) is 14.0 Å². The number of anilines is 1. The van der Waals surface area contributed by atoms with E-state index in [0.29, 0.717) is 5.69 Å². The third kappa shape index (κ3) is 6.22. The van der Waals surface area contributed by atoms with Crippen molar-refractivity contribution in [2.24, 2.45) is 0 Å². The third-order valence-corrected chi connectivity index (χ3v) is 5.06. The normalized spacial score (nSPS) is 16.6. The summed E-state index contributed by atoms with van der Waals surface area (Å²) in [4.78, 5) is 24.0. The summed E-state index contributed by atoms with van der Waals surface area (Å²) in [5.41, 5.74) is 0.552. The first-order valence-electron chi connectivity index (χ1n) is 8.02. The van der Waals surface area contributed by atoms with Gasteiger partial charge in [-0.15, -0.1) is 11.8 Å². The van der Waals surface area contributed by atoms with Crippen LogP contribution >= 0.6 is 11.8 Å². The van der Waals surface area contributed by atoms with Gasteiger partial charge in [0.25, 0.3) is 0 Å². The summed E-state index contributed by atoms with van der Waals surface area (Å²) in [6.07, 6.45) is 5.70. The molecule has 0 radical (unpaired) electrons. The molecule has 2 N–H and O–H groups in total. The SMILES string of the molecule is CC(SCC(=O)Nc1ccc(F)cc1)C(=O)NC1CCCCC1. The summed E-state index contributed by atoms with van der Waals surface area (Å²) >= 11 is 1.31. The molecule has 1 atom stereocenters. The van der Waals surface area contributed by atoms with Crippen molar-refractivity contribution < 1.29 is 14.0 Å². The van der Waals surface area contributed by atoms with Crippen molar-refractivity contribution in [3.8, 4) is 0 Å². The molecule has 2 amide bonds. The van der Waals surface area contributed by atoms with E-state index in [2.05, 4.69) is 10.6 Å². The van der Waals surface area contributed by atoms with Gasteiger partial charge in [-0.3, -0.25) is 9.59 Å². The van der Waals surface area contributed by atoms with Crippen molar-refractivity contribution in [2.75, 3.05) is 11.1 Å². The van der Waals surface area contributed by atoms with Crippen LogP contribution in [0.4, 0.5) is 10.1 Å². The molecule has 1 unspecified atom stereocenters. The Hall–Kier alpha value is -1.56. The van der Waals surface area contributed by atoms with Crippen molar-refractivity contribution in [1.29, 1.82) is 0 Å². The van der Waals surface area contributed by atoms with Crippen molar-refractivity contribution in [2.45, 2.75) is 50.3 Å². The predicted molar refractivity (Wildman–Crippen MR) is 92.0 cm³/mol. The van der Waals surface area contributed by atoms with Crippen LogP contribution in [0, 0.1) is 5.82 Å². The second kappa shape index (κ2) is 8.91. The Labute approximate surface area is 140 Å². The number of thioether (sulfide) groups is 1. The second-order valence-electron chi connectivity index (χ2n) is 5.85. The van der Waals surface area contributed by atoms with Gasteiger partial charge < -0.3 is 10.6 Å². The molecule has 0 aliphatic heterocycles. The van der Waals surface area contributed by atoms with Crippen LogP contribution in [0.15, 0.2) is 24.3 Å². The zero-order chi connectivity index (χ0) is 16.7. The summed E-state index contributed by atoms with van der Waals surface area (Å²) in [5, 5.41) is 5.48. The number of amides is 2. The van der Waals surface area contributed by atoms with Crippen LogP contribution in [0.5, 0.6) is 0 Å². The van der Waals surface area contributed by atoms with Gasteiger partial charge in [-0.1, -0.05) is 19.3 Å². The highest BCUT2D eigenvalue weighted by atomic mass is 32.2. The summed E-state index contributed by atoms with van der Waals surface area (Å²) in [6, 6.07) is 5.90. The first kappa shape index (κ1) is 17.8. The molecule has 0 heterocycles. The smallest absolute Gasteiger partial charge is 0.234 e. The molecule has 23 heavy (non-hydrogen) atoms. The standard InChI is InChI=1S/C17H23FN2O2S/c1-12(17(22)20-14-5-3-2-4-6-14)23-11-16(21)19-15-9-7-13(18)8-10-15/h7-10,12,14H,2-6,11H2,1H3,(H,19,21)(H,20,22). The minimum absolute atomic E-state index is 0.00326. The molecule has 126 valence electrons. The zero-order valence-electron chi connectivity index (χ0n) is 13.3. The Morgan fingerprint density at radius 2 is 1.87 bits per heavy atom. The van der Waals surface area contributed by atoms with Crippen LogP contribution in [0.1, 0.15) is 39.0 Å². The number of carbonyl (C=O) groups is 2. The molecule has 0 bridgehead atoms. The molecule has 1 aromatic carbocycles. The Morgan fingerprint density at radius 1 is 1.22 bits per heavy atom. The van der Waals surface area contributed by atoms with Gasteiger partial charge in [0, 0.05) is 11.7 Å². The molecule has 1 fully saturated rings. The summed E-state index contributed by atoms with van der Waals surface area (Å²) in [6.45, 7) is 1.81.